The van der Waals surface area contributed by atoms with Crippen molar-refractivity contribution in [3.63, 3.8) is 0 Å². The fourth-order valence-corrected chi connectivity index (χ4v) is 1.68. The van der Waals surface area contributed by atoms with E-state index in [1.165, 1.54) is 18.0 Å². The second kappa shape index (κ2) is 5.18. The average Bonchev–Trinajstić information content (AvgIpc) is 2.26. The lowest BCUT2D eigenvalue weighted by molar-refractivity contribution is -0.137. The highest BCUT2D eigenvalue weighted by Gasteiger charge is 2.34. The molecule has 18 heavy (non-hydrogen) atoms. The fourth-order valence-electron chi connectivity index (χ4n) is 1.45. The standard InChI is InChI=1S/C12H13ClF3NO/c1-7(2)11(18)17(3)8-4-5-10(13)9(6-8)12(14,15)16/h4-7H,1-3H3. The van der Waals surface area contributed by atoms with Crippen molar-refractivity contribution in [2.24, 2.45) is 5.92 Å². The second-order valence-electron chi connectivity index (χ2n) is 4.21. The van der Waals surface area contributed by atoms with E-state index in [-0.39, 0.29) is 22.5 Å². The van der Waals surface area contributed by atoms with Crippen LogP contribution >= 0.6 is 11.6 Å². The van der Waals surface area contributed by atoms with Crippen LogP contribution in [0.2, 0.25) is 5.02 Å². The van der Waals surface area contributed by atoms with Gasteiger partial charge in [-0.2, -0.15) is 13.2 Å². The van der Waals surface area contributed by atoms with Crippen LogP contribution < -0.4 is 4.90 Å². The zero-order valence-corrected chi connectivity index (χ0v) is 10.9. The Hall–Kier alpha value is -1.23. The molecule has 0 atom stereocenters. The van der Waals surface area contributed by atoms with Crippen molar-refractivity contribution in [3.05, 3.63) is 28.8 Å². The van der Waals surface area contributed by atoms with Crippen molar-refractivity contribution >= 4 is 23.2 Å². The lowest BCUT2D eigenvalue weighted by atomic mass is 10.1. The molecule has 2 nitrogen and oxygen atoms in total. The van der Waals surface area contributed by atoms with E-state index in [1.54, 1.807) is 13.8 Å². The van der Waals surface area contributed by atoms with Gasteiger partial charge in [0.15, 0.2) is 0 Å². The summed E-state index contributed by atoms with van der Waals surface area (Å²) in [5.74, 6) is -0.550. The summed E-state index contributed by atoms with van der Waals surface area (Å²) in [6.07, 6.45) is -4.53. The first-order valence-electron chi connectivity index (χ1n) is 5.29. The van der Waals surface area contributed by atoms with Crippen LogP contribution in [0, 0.1) is 5.92 Å². The Morgan fingerprint density at radius 2 is 1.89 bits per heavy atom. The number of benzene rings is 1. The van der Waals surface area contributed by atoms with Gasteiger partial charge >= 0.3 is 6.18 Å². The summed E-state index contributed by atoms with van der Waals surface area (Å²) >= 11 is 5.50. The van der Waals surface area contributed by atoms with Crippen molar-refractivity contribution in [1.82, 2.24) is 0 Å². The van der Waals surface area contributed by atoms with Crippen LogP contribution in [0.3, 0.4) is 0 Å². The lowest BCUT2D eigenvalue weighted by Crippen LogP contribution is -2.30. The van der Waals surface area contributed by atoms with E-state index in [2.05, 4.69) is 0 Å². The predicted octanol–water partition coefficient (Wildman–Crippen LogP) is 3.98. The number of hydrogen-bond donors (Lipinski definition) is 0. The molecule has 1 rings (SSSR count). The molecule has 0 saturated carbocycles. The number of rotatable bonds is 2. The molecular weight excluding hydrogens is 267 g/mol. The van der Waals surface area contributed by atoms with Gasteiger partial charge in [0.05, 0.1) is 10.6 Å². The van der Waals surface area contributed by atoms with E-state index >= 15 is 0 Å². The van der Waals surface area contributed by atoms with Gasteiger partial charge in [-0.15, -0.1) is 0 Å². The van der Waals surface area contributed by atoms with E-state index in [0.29, 0.717) is 0 Å². The minimum absolute atomic E-state index is 0.172. The van der Waals surface area contributed by atoms with Crippen molar-refractivity contribution < 1.29 is 18.0 Å². The summed E-state index contributed by atoms with van der Waals surface area (Å²) in [6.45, 7) is 3.36. The molecule has 6 heteroatoms. The number of halogens is 4. The first kappa shape index (κ1) is 14.8. The third-order valence-electron chi connectivity index (χ3n) is 2.47. The Balaban J connectivity index is 3.17. The molecule has 0 aromatic heterocycles. The zero-order chi connectivity index (χ0) is 14.1. The molecule has 0 heterocycles. The monoisotopic (exact) mass is 279 g/mol. The number of hydrogen-bond acceptors (Lipinski definition) is 1. The third-order valence-corrected chi connectivity index (χ3v) is 2.80. The van der Waals surface area contributed by atoms with Gasteiger partial charge in [-0.05, 0) is 18.2 Å². The molecule has 0 aliphatic rings. The molecule has 100 valence electrons. The minimum atomic E-state index is -4.53. The maximum Gasteiger partial charge on any atom is 0.417 e. The van der Waals surface area contributed by atoms with E-state index in [4.69, 9.17) is 11.6 Å². The van der Waals surface area contributed by atoms with Crippen molar-refractivity contribution in [2.75, 3.05) is 11.9 Å². The van der Waals surface area contributed by atoms with Crippen LogP contribution in [0.1, 0.15) is 19.4 Å². The maximum absolute atomic E-state index is 12.7. The summed E-state index contributed by atoms with van der Waals surface area (Å²) in [5, 5.41) is -0.378. The quantitative estimate of drug-likeness (QED) is 0.802. The molecular formula is C12H13ClF3NO. The zero-order valence-electron chi connectivity index (χ0n) is 10.2. The van der Waals surface area contributed by atoms with Gasteiger partial charge in [-0.25, -0.2) is 0 Å². The van der Waals surface area contributed by atoms with E-state index in [1.807, 2.05) is 0 Å². The van der Waals surface area contributed by atoms with Crippen LogP contribution in [0.4, 0.5) is 18.9 Å². The Labute approximate surface area is 108 Å². The summed E-state index contributed by atoms with van der Waals surface area (Å²) in [6, 6.07) is 3.41. The van der Waals surface area contributed by atoms with Gasteiger partial charge in [0.2, 0.25) is 5.91 Å². The number of anilines is 1. The Morgan fingerprint density at radius 3 is 2.33 bits per heavy atom. The first-order chi connectivity index (χ1) is 8.14. The summed E-state index contributed by atoms with van der Waals surface area (Å²) in [4.78, 5) is 12.9. The molecule has 0 aliphatic heterocycles. The molecule has 0 radical (unpaired) electrons. The average molecular weight is 280 g/mol. The second-order valence-corrected chi connectivity index (χ2v) is 4.62. The maximum atomic E-state index is 12.7. The normalized spacial score (nSPS) is 11.8. The molecule has 0 N–H and O–H groups in total. The van der Waals surface area contributed by atoms with Crippen LogP contribution in [-0.4, -0.2) is 13.0 Å². The van der Waals surface area contributed by atoms with Crippen molar-refractivity contribution in [3.8, 4) is 0 Å². The van der Waals surface area contributed by atoms with Crippen LogP contribution in [0.25, 0.3) is 0 Å². The van der Waals surface area contributed by atoms with Crippen molar-refractivity contribution in [2.45, 2.75) is 20.0 Å². The van der Waals surface area contributed by atoms with Crippen LogP contribution in [0.15, 0.2) is 18.2 Å². The van der Waals surface area contributed by atoms with Gasteiger partial charge in [0.1, 0.15) is 0 Å². The van der Waals surface area contributed by atoms with Crippen LogP contribution in [0.5, 0.6) is 0 Å². The van der Waals surface area contributed by atoms with E-state index < -0.39 is 11.7 Å². The highest BCUT2D eigenvalue weighted by Crippen LogP contribution is 2.36. The molecule has 1 amide bonds. The van der Waals surface area contributed by atoms with E-state index in [9.17, 15) is 18.0 Å². The molecule has 1 aromatic carbocycles. The highest BCUT2D eigenvalue weighted by molar-refractivity contribution is 6.31. The molecule has 1 aromatic rings. The number of carbonyl (C=O) groups excluding carboxylic acids is 1. The smallest absolute Gasteiger partial charge is 0.315 e. The molecule has 0 unspecified atom stereocenters. The van der Waals surface area contributed by atoms with Gasteiger partial charge < -0.3 is 4.90 Å². The molecule has 0 spiro atoms. The van der Waals surface area contributed by atoms with Gasteiger partial charge in [-0.1, -0.05) is 25.4 Å². The highest BCUT2D eigenvalue weighted by atomic mass is 35.5. The Morgan fingerprint density at radius 1 is 1.33 bits per heavy atom. The molecule has 0 bridgehead atoms. The number of amides is 1. The fraction of sp³-hybridized carbons (Fsp3) is 0.417. The van der Waals surface area contributed by atoms with Gasteiger partial charge in [0, 0.05) is 18.7 Å². The number of alkyl halides is 3. The van der Waals surface area contributed by atoms with Gasteiger partial charge in [0.25, 0.3) is 0 Å². The Kier molecular flexibility index (Phi) is 4.27. The molecule has 0 saturated heterocycles. The molecule has 0 fully saturated rings. The summed E-state index contributed by atoms with van der Waals surface area (Å²) in [5.41, 5.74) is -0.768. The Bertz CT molecular complexity index is 457. The van der Waals surface area contributed by atoms with Gasteiger partial charge in [-0.3, -0.25) is 4.79 Å². The largest absolute Gasteiger partial charge is 0.417 e. The number of nitrogens with zero attached hydrogens (tertiary/aromatic N) is 1. The number of carbonyl (C=O) groups is 1. The van der Waals surface area contributed by atoms with E-state index in [0.717, 1.165) is 12.1 Å². The first-order valence-corrected chi connectivity index (χ1v) is 5.66. The topological polar surface area (TPSA) is 20.3 Å². The molecule has 0 aliphatic carbocycles. The SMILES string of the molecule is CC(C)C(=O)N(C)c1ccc(Cl)c(C(F)(F)F)c1. The summed E-state index contributed by atoms with van der Waals surface area (Å²) in [7, 11) is 1.44. The minimum Gasteiger partial charge on any atom is -0.315 e. The van der Waals surface area contributed by atoms with Crippen molar-refractivity contribution in [1.29, 1.82) is 0 Å². The lowest BCUT2D eigenvalue weighted by Gasteiger charge is -2.21. The summed E-state index contributed by atoms with van der Waals surface area (Å²) < 4.78 is 38.0. The predicted molar refractivity (Wildman–Crippen MR) is 64.7 cm³/mol. The third kappa shape index (κ3) is 3.16. The van der Waals surface area contributed by atoms with Crippen LogP contribution in [-0.2, 0) is 11.0 Å².